The van der Waals surface area contributed by atoms with Gasteiger partial charge in [0, 0.05) is 46.0 Å². The summed E-state index contributed by atoms with van der Waals surface area (Å²) in [5.41, 5.74) is 3.51. The van der Waals surface area contributed by atoms with Gasteiger partial charge < -0.3 is 14.4 Å². The molecule has 2 heterocycles. The molecule has 37 heavy (non-hydrogen) atoms. The van der Waals surface area contributed by atoms with Crippen LogP contribution in [0.2, 0.25) is 5.02 Å². The lowest BCUT2D eigenvalue weighted by Gasteiger charge is -2.25. The number of carbonyl (C=O) groups is 2. The van der Waals surface area contributed by atoms with Crippen LogP contribution in [0, 0.1) is 0 Å². The molecule has 0 spiro atoms. The predicted molar refractivity (Wildman–Crippen MR) is 146 cm³/mol. The van der Waals surface area contributed by atoms with Gasteiger partial charge >= 0.3 is 0 Å². The minimum atomic E-state index is -0.853. The van der Waals surface area contributed by atoms with Crippen molar-refractivity contribution in [1.29, 1.82) is 0 Å². The number of anilines is 1. The normalized spacial score (nSPS) is 17.2. The first kappa shape index (κ1) is 24.7. The Morgan fingerprint density at radius 1 is 1.03 bits per heavy atom. The fourth-order valence-corrected chi connectivity index (χ4v) is 5.28. The molecule has 7 heteroatoms. The Kier molecular flexibility index (Phi) is 6.30. The van der Waals surface area contributed by atoms with Crippen LogP contribution in [-0.2, 0) is 16.6 Å². The summed E-state index contributed by atoms with van der Waals surface area (Å²) in [6, 6.07) is 19.0. The fourth-order valence-electron chi connectivity index (χ4n) is 5.10. The molecule has 188 valence electrons. The second-order valence-corrected chi connectivity index (χ2v) is 9.91. The molecule has 4 aromatic rings. The van der Waals surface area contributed by atoms with Crippen molar-refractivity contribution < 1.29 is 19.4 Å². The molecule has 0 aliphatic carbocycles. The lowest BCUT2D eigenvalue weighted by molar-refractivity contribution is -0.132. The van der Waals surface area contributed by atoms with Gasteiger partial charge in [0.2, 0.25) is 0 Å². The molecule has 3 aromatic carbocycles. The molecule has 0 saturated carbocycles. The highest BCUT2D eigenvalue weighted by molar-refractivity contribution is 6.52. The molecule has 1 N–H and O–H groups in total. The molecule has 1 aliphatic rings. The van der Waals surface area contributed by atoms with Gasteiger partial charge in [0.15, 0.2) is 0 Å². The van der Waals surface area contributed by atoms with E-state index >= 15 is 0 Å². The van der Waals surface area contributed by atoms with Crippen molar-refractivity contribution in [3.63, 3.8) is 0 Å². The number of rotatable bonds is 5. The summed E-state index contributed by atoms with van der Waals surface area (Å²) in [5, 5.41) is 12.9. The van der Waals surface area contributed by atoms with Crippen molar-refractivity contribution in [3.05, 3.63) is 100 Å². The number of aliphatic hydroxyl groups is 1. The van der Waals surface area contributed by atoms with Crippen LogP contribution in [-0.4, -0.2) is 28.5 Å². The Balaban J connectivity index is 1.80. The van der Waals surface area contributed by atoms with Gasteiger partial charge in [-0.1, -0.05) is 49.7 Å². The summed E-state index contributed by atoms with van der Waals surface area (Å²) in [7, 11) is 3.51. The molecule has 1 saturated heterocycles. The number of aliphatic hydroxyl groups excluding tert-OH is 1. The van der Waals surface area contributed by atoms with E-state index in [2.05, 4.69) is 0 Å². The van der Waals surface area contributed by atoms with Crippen molar-refractivity contribution in [2.45, 2.75) is 25.8 Å². The van der Waals surface area contributed by atoms with Crippen LogP contribution in [0.1, 0.15) is 42.5 Å². The Labute approximate surface area is 220 Å². The number of halogens is 1. The van der Waals surface area contributed by atoms with Crippen molar-refractivity contribution in [3.8, 4) is 5.75 Å². The Hall–Kier alpha value is -4.03. The van der Waals surface area contributed by atoms with Crippen molar-refractivity contribution in [2.24, 2.45) is 7.05 Å². The molecule has 1 aliphatic heterocycles. The number of aromatic nitrogens is 1. The molecule has 0 radical (unpaired) electrons. The van der Waals surface area contributed by atoms with Crippen LogP contribution in [0.4, 0.5) is 5.69 Å². The monoisotopic (exact) mass is 514 g/mol. The molecule has 1 fully saturated rings. The minimum absolute atomic E-state index is 0.0289. The standard InChI is InChI=1S/C30H27ClN2O4/c1-17(2)22-14-18(12-13-25(22)37-4)28(34)26-27(23-16-32(3)24-11-6-5-10-21(23)24)33(30(36)29(26)35)20-9-7-8-19(31)15-20/h5-17,27,34H,1-4H3/b28-26+. The zero-order chi connectivity index (χ0) is 26.4. The lowest BCUT2D eigenvalue weighted by atomic mass is 9.93. The number of benzene rings is 3. The molecule has 1 amide bonds. The number of hydrogen-bond donors (Lipinski definition) is 1. The third-order valence-corrected chi connectivity index (χ3v) is 7.11. The highest BCUT2D eigenvalue weighted by Crippen LogP contribution is 2.45. The number of Topliss-reactive ketones (excluding diaryl/α,β-unsaturated/α-hetero) is 1. The summed E-state index contributed by atoms with van der Waals surface area (Å²) >= 11 is 6.27. The summed E-state index contributed by atoms with van der Waals surface area (Å²) in [4.78, 5) is 28.5. The fraction of sp³-hybridized carbons (Fsp3) is 0.200. The molecular weight excluding hydrogens is 488 g/mol. The Morgan fingerprint density at radius 2 is 1.78 bits per heavy atom. The van der Waals surface area contributed by atoms with Crippen molar-refractivity contribution in [1.82, 2.24) is 4.57 Å². The predicted octanol–water partition coefficient (Wildman–Crippen LogP) is 6.59. The quantitative estimate of drug-likeness (QED) is 0.185. The van der Waals surface area contributed by atoms with E-state index < -0.39 is 17.7 Å². The van der Waals surface area contributed by atoms with Crippen LogP contribution in [0.15, 0.2) is 78.5 Å². The Morgan fingerprint density at radius 3 is 2.49 bits per heavy atom. The van der Waals surface area contributed by atoms with Gasteiger partial charge in [-0.05, 0) is 53.9 Å². The maximum absolute atomic E-state index is 13.6. The number of amides is 1. The van der Waals surface area contributed by atoms with Crippen LogP contribution in [0.3, 0.4) is 0 Å². The van der Waals surface area contributed by atoms with Crippen LogP contribution in [0.25, 0.3) is 16.7 Å². The summed E-state index contributed by atoms with van der Waals surface area (Å²) in [6.07, 6.45) is 1.90. The molecule has 1 atom stereocenters. The summed E-state index contributed by atoms with van der Waals surface area (Å²) in [6.45, 7) is 4.05. The zero-order valence-electron chi connectivity index (χ0n) is 21.0. The Bertz CT molecular complexity index is 1580. The number of ketones is 1. The van der Waals surface area contributed by atoms with E-state index in [0.717, 1.165) is 22.0 Å². The SMILES string of the molecule is COc1ccc(/C(O)=C2\C(=O)C(=O)N(c3cccc(Cl)c3)C2c2cn(C)c3ccccc23)cc1C(C)C. The number of carbonyl (C=O) groups excluding carboxylic acids is 2. The third-order valence-electron chi connectivity index (χ3n) is 6.88. The van der Waals surface area contributed by atoms with Crippen LogP contribution < -0.4 is 9.64 Å². The first-order valence-corrected chi connectivity index (χ1v) is 12.4. The van der Waals surface area contributed by atoms with Gasteiger partial charge in [-0.3, -0.25) is 14.5 Å². The van der Waals surface area contributed by atoms with E-state index in [1.807, 2.05) is 62.0 Å². The number of ether oxygens (including phenoxy) is 1. The van der Waals surface area contributed by atoms with Gasteiger partial charge in [-0.2, -0.15) is 0 Å². The maximum atomic E-state index is 13.6. The summed E-state index contributed by atoms with van der Waals surface area (Å²) in [5.74, 6) is -0.899. The van der Waals surface area contributed by atoms with Crippen molar-refractivity contribution in [2.75, 3.05) is 12.0 Å². The highest BCUT2D eigenvalue weighted by atomic mass is 35.5. The van der Waals surface area contributed by atoms with Gasteiger partial charge in [-0.25, -0.2) is 0 Å². The molecule has 6 nitrogen and oxygen atoms in total. The first-order chi connectivity index (χ1) is 17.7. The molecule has 1 aromatic heterocycles. The number of fused-ring (bicyclic) bond motifs is 1. The van der Waals surface area contributed by atoms with Crippen LogP contribution in [0.5, 0.6) is 5.75 Å². The maximum Gasteiger partial charge on any atom is 0.300 e. The number of hydrogen-bond acceptors (Lipinski definition) is 4. The molecule has 1 unspecified atom stereocenters. The highest BCUT2D eigenvalue weighted by Gasteiger charge is 2.48. The summed E-state index contributed by atoms with van der Waals surface area (Å²) < 4.78 is 7.44. The van der Waals surface area contributed by atoms with Gasteiger partial charge in [0.25, 0.3) is 11.7 Å². The average Bonchev–Trinajstić information content (AvgIpc) is 3.36. The van der Waals surface area contributed by atoms with Gasteiger partial charge in [0.1, 0.15) is 11.5 Å². The van der Waals surface area contributed by atoms with Crippen molar-refractivity contribution >= 4 is 45.6 Å². The number of methoxy groups -OCH3 is 1. The average molecular weight is 515 g/mol. The second-order valence-electron chi connectivity index (χ2n) is 9.47. The third kappa shape index (κ3) is 4.07. The molecule has 5 rings (SSSR count). The van der Waals surface area contributed by atoms with E-state index in [4.69, 9.17) is 16.3 Å². The smallest absolute Gasteiger partial charge is 0.300 e. The topological polar surface area (TPSA) is 71.8 Å². The van der Waals surface area contributed by atoms with Crippen LogP contribution >= 0.6 is 11.6 Å². The number of para-hydroxylation sites is 1. The molecular formula is C30H27ClN2O4. The zero-order valence-corrected chi connectivity index (χ0v) is 21.8. The molecule has 0 bridgehead atoms. The first-order valence-electron chi connectivity index (χ1n) is 12.0. The van der Waals surface area contributed by atoms with E-state index in [0.29, 0.717) is 22.0 Å². The van der Waals surface area contributed by atoms with Gasteiger partial charge in [0.05, 0.1) is 18.7 Å². The number of nitrogens with zero attached hydrogens (tertiary/aromatic N) is 2. The number of aryl methyl sites for hydroxylation is 1. The van der Waals surface area contributed by atoms with E-state index in [-0.39, 0.29) is 17.3 Å². The van der Waals surface area contributed by atoms with Gasteiger partial charge in [-0.15, -0.1) is 0 Å². The second kappa shape index (κ2) is 9.45. The minimum Gasteiger partial charge on any atom is -0.507 e. The van der Waals surface area contributed by atoms with E-state index in [1.165, 1.54) is 4.90 Å². The van der Waals surface area contributed by atoms with E-state index in [1.54, 1.807) is 43.5 Å². The lowest BCUT2D eigenvalue weighted by Crippen LogP contribution is -2.29. The van der Waals surface area contributed by atoms with E-state index in [9.17, 15) is 14.7 Å². The largest absolute Gasteiger partial charge is 0.507 e.